The average molecular weight is 288 g/mol. The van der Waals surface area contributed by atoms with Gasteiger partial charge in [0.05, 0.1) is 0 Å². The van der Waals surface area contributed by atoms with Crippen LogP contribution in [0.15, 0.2) is 18.2 Å². The van der Waals surface area contributed by atoms with Gasteiger partial charge in [0.1, 0.15) is 0 Å². The molecule has 1 rings (SSSR count). The van der Waals surface area contributed by atoms with Crippen LogP contribution in [-0.4, -0.2) is 7.11 Å². The molecule has 0 aliphatic heterocycles. The van der Waals surface area contributed by atoms with Crippen LogP contribution in [0.1, 0.15) is 0 Å². The molecule has 0 spiro atoms. The molecule has 0 saturated carbocycles. The predicted octanol–water partition coefficient (Wildman–Crippen LogP) is 2.10. The molecule has 11 heavy (non-hydrogen) atoms. The molecule has 0 aliphatic rings. The summed E-state index contributed by atoms with van der Waals surface area (Å²) < 4.78 is 6.30. The molecule has 0 radical (unpaired) electrons. The van der Waals surface area contributed by atoms with Crippen LogP contribution in [0, 0.1) is 0 Å². The quantitative estimate of drug-likeness (QED) is 0.719. The van der Waals surface area contributed by atoms with E-state index in [-0.39, 0.29) is 17.0 Å². The Morgan fingerprint density at radius 3 is 2.55 bits per heavy atom. The molecule has 0 N–H and O–H groups in total. The maximum atomic E-state index is 5.73. The van der Waals surface area contributed by atoms with Gasteiger partial charge in [0.15, 0.2) is 0 Å². The maximum absolute atomic E-state index is 5.73. The molecular formula is C7H7BrClOZn. The minimum absolute atomic E-state index is 0. The van der Waals surface area contributed by atoms with Crippen LogP contribution in [-0.2, 0) is 18.3 Å². The Morgan fingerprint density at radius 1 is 1.45 bits per heavy atom. The minimum atomic E-state index is 0. The Hall–Kier alpha value is 0.413. The third kappa shape index (κ3) is 3.10. The second-order valence-corrected chi connectivity index (χ2v) is 3.99. The van der Waals surface area contributed by atoms with Crippen LogP contribution in [0.5, 0.6) is 5.75 Å². The number of halogens is 2. The molecule has 0 aliphatic carbocycles. The van der Waals surface area contributed by atoms with E-state index in [2.05, 4.69) is 0 Å². The topological polar surface area (TPSA) is 9.23 Å². The van der Waals surface area contributed by atoms with Gasteiger partial charge in [-0.1, -0.05) is 0 Å². The summed E-state index contributed by atoms with van der Waals surface area (Å²) in [4.78, 5) is 0. The molecule has 1 nitrogen and oxygen atoms in total. The summed E-state index contributed by atoms with van der Waals surface area (Å²) in [6, 6.07) is 5.70. The predicted molar refractivity (Wildman–Crippen MR) is 48.0 cm³/mol. The zero-order chi connectivity index (χ0) is 7.56. The second-order valence-electron chi connectivity index (χ2n) is 1.96. The monoisotopic (exact) mass is 285 g/mol. The van der Waals surface area contributed by atoms with Crippen LogP contribution >= 0.6 is 28.6 Å². The second kappa shape index (κ2) is 5.13. The van der Waals surface area contributed by atoms with Gasteiger partial charge in [-0.25, -0.2) is 0 Å². The number of hydrogen-bond donors (Lipinski definition) is 0. The van der Waals surface area contributed by atoms with E-state index >= 15 is 0 Å². The van der Waals surface area contributed by atoms with Crippen LogP contribution < -0.4 is 8.89 Å². The van der Waals surface area contributed by atoms with E-state index in [1.54, 1.807) is 7.11 Å². The zero-order valence-corrected chi connectivity index (χ0v) is 11.6. The van der Waals surface area contributed by atoms with Crippen molar-refractivity contribution in [3.8, 4) is 5.75 Å². The van der Waals surface area contributed by atoms with Gasteiger partial charge in [-0.3, -0.25) is 0 Å². The molecule has 1 aromatic carbocycles. The molecule has 0 bridgehead atoms. The Bertz CT molecular complexity index is 242. The summed E-state index contributed by atoms with van der Waals surface area (Å²) in [7, 11) is 1.66. The van der Waals surface area contributed by atoms with Crippen molar-refractivity contribution in [3.63, 3.8) is 0 Å². The third-order valence-corrected chi connectivity index (χ3v) is 2.71. The first-order chi connectivity index (χ1) is 4.74. The van der Waals surface area contributed by atoms with Crippen LogP contribution in [0.25, 0.3) is 0 Å². The van der Waals surface area contributed by atoms with Crippen molar-refractivity contribution in [2.45, 2.75) is 0 Å². The van der Waals surface area contributed by atoms with Gasteiger partial charge in [-0.05, 0) is 0 Å². The van der Waals surface area contributed by atoms with Crippen molar-refractivity contribution in [1.82, 2.24) is 0 Å². The summed E-state index contributed by atoms with van der Waals surface area (Å²) in [6.45, 7) is 0. The first kappa shape index (κ1) is 11.4. The molecule has 0 fully saturated rings. The number of benzene rings is 1. The van der Waals surface area contributed by atoms with E-state index in [1.165, 1.54) is 4.16 Å². The Kier molecular flexibility index (Phi) is 5.32. The standard InChI is InChI=1S/C7H6ClO.BrH.Zn/c1-9-7-4-2-3-6(8)5-7;;/h2-3,5H,1H3;1H;. The van der Waals surface area contributed by atoms with Crippen molar-refractivity contribution < 1.29 is 23.0 Å². The van der Waals surface area contributed by atoms with Crippen LogP contribution in [0.3, 0.4) is 0 Å². The molecular weight excluding hydrogens is 281 g/mol. The van der Waals surface area contributed by atoms with E-state index in [9.17, 15) is 0 Å². The van der Waals surface area contributed by atoms with Gasteiger partial charge in [-0.2, -0.15) is 0 Å². The molecule has 4 heteroatoms. The fourth-order valence-electron chi connectivity index (χ4n) is 0.718. The molecule has 1 aromatic rings. The Balaban J connectivity index is 0.000001000. The number of methoxy groups -OCH3 is 1. The van der Waals surface area contributed by atoms with Gasteiger partial charge in [-0.15, -0.1) is 17.0 Å². The van der Waals surface area contributed by atoms with Crippen molar-refractivity contribution in [1.29, 1.82) is 0 Å². The molecule has 0 aromatic heterocycles. The SMILES string of the molecule is Br.COc1cc(Cl)cc[c]1[Zn]. The Labute approximate surface area is 91.5 Å². The summed E-state index contributed by atoms with van der Waals surface area (Å²) >= 11 is 6.83. The van der Waals surface area contributed by atoms with Gasteiger partial charge in [0.25, 0.3) is 0 Å². The van der Waals surface area contributed by atoms with E-state index in [0.29, 0.717) is 0 Å². The van der Waals surface area contributed by atoms with E-state index in [1.807, 2.05) is 18.2 Å². The summed E-state index contributed by atoms with van der Waals surface area (Å²) in [5.41, 5.74) is 0. The van der Waals surface area contributed by atoms with Crippen LogP contribution in [0.2, 0.25) is 5.02 Å². The first-order valence-corrected chi connectivity index (χ1v) is 4.75. The molecule has 0 heterocycles. The molecule has 0 atom stereocenters. The van der Waals surface area contributed by atoms with Crippen molar-refractivity contribution in [2.24, 2.45) is 0 Å². The van der Waals surface area contributed by atoms with Gasteiger partial charge in [0.2, 0.25) is 0 Å². The summed E-state index contributed by atoms with van der Waals surface area (Å²) in [6.07, 6.45) is 0. The normalized spacial score (nSPS) is 8.73. The number of rotatable bonds is 1. The zero-order valence-electron chi connectivity index (χ0n) is 6.13. The van der Waals surface area contributed by atoms with E-state index in [4.69, 9.17) is 16.3 Å². The molecule has 57 valence electrons. The Morgan fingerprint density at radius 2 is 2.09 bits per heavy atom. The van der Waals surface area contributed by atoms with Crippen molar-refractivity contribution in [3.05, 3.63) is 23.2 Å². The fraction of sp³-hybridized carbons (Fsp3) is 0.143. The molecule has 0 saturated heterocycles. The van der Waals surface area contributed by atoms with Gasteiger partial charge < -0.3 is 0 Å². The van der Waals surface area contributed by atoms with Gasteiger partial charge in [0, 0.05) is 0 Å². The average Bonchev–Trinajstić information content (AvgIpc) is 1.94. The summed E-state index contributed by atoms with van der Waals surface area (Å²) in [5.74, 6) is 0.896. The van der Waals surface area contributed by atoms with Crippen molar-refractivity contribution >= 4 is 32.7 Å². The first-order valence-electron chi connectivity index (χ1n) is 2.89. The third-order valence-electron chi connectivity index (χ3n) is 1.25. The number of hydrogen-bond acceptors (Lipinski definition) is 1. The summed E-state index contributed by atoms with van der Waals surface area (Å²) in [5, 5.41) is 0.731. The van der Waals surface area contributed by atoms with E-state index in [0.717, 1.165) is 29.1 Å². The van der Waals surface area contributed by atoms with E-state index < -0.39 is 0 Å². The molecule has 0 amide bonds. The number of ether oxygens (including phenoxy) is 1. The van der Waals surface area contributed by atoms with Crippen LogP contribution in [0.4, 0.5) is 0 Å². The van der Waals surface area contributed by atoms with Crippen molar-refractivity contribution in [2.75, 3.05) is 7.11 Å². The molecule has 0 unspecified atom stereocenters. The van der Waals surface area contributed by atoms with Gasteiger partial charge >= 0.3 is 74.9 Å². The fourth-order valence-corrected chi connectivity index (χ4v) is 1.64.